The highest BCUT2D eigenvalue weighted by Crippen LogP contribution is 2.37. The number of rotatable bonds is 12. The molecule has 0 radical (unpaired) electrons. The third kappa shape index (κ3) is 8.01. The number of hydrogen-bond donors (Lipinski definition) is 4. The first-order valence-electron chi connectivity index (χ1n) is 11.9. The quantitative estimate of drug-likeness (QED) is 0.250. The number of aliphatic hydroxyl groups excluding tert-OH is 3. The molecule has 0 saturated heterocycles. The summed E-state index contributed by atoms with van der Waals surface area (Å²) in [6.07, 6.45) is -1.63. The summed E-state index contributed by atoms with van der Waals surface area (Å²) in [5.41, 5.74) is 0.929. The Labute approximate surface area is 232 Å². The van der Waals surface area contributed by atoms with Gasteiger partial charge in [-0.3, -0.25) is 4.72 Å². The zero-order valence-electron chi connectivity index (χ0n) is 22.0. The molecule has 0 aliphatic rings. The van der Waals surface area contributed by atoms with Gasteiger partial charge in [-0.15, -0.1) is 0 Å². The molecule has 3 rings (SSSR count). The Balaban J connectivity index is 1.97. The Bertz CT molecular complexity index is 1360. The summed E-state index contributed by atoms with van der Waals surface area (Å²) in [6.45, 7) is 4.82. The van der Waals surface area contributed by atoms with Crippen LogP contribution >= 0.6 is 11.6 Å². The zero-order chi connectivity index (χ0) is 28.8. The van der Waals surface area contributed by atoms with Crippen molar-refractivity contribution in [2.24, 2.45) is 0 Å². The van der Waals surface area contributed by atoms with E-state index in [9.17, 15) is 18.6 Å². The molecule has 39 heavy (non-hydrogen) atoms. The highest BCUT2D eigenvalue weighted by Gasteiger charge is 2.24. The summed E-state index contributed by atoms with van der Waals surface area (Å²) in [4.78, 5) is 8.24. The number of hydrogen-bond acceptors (Lipinski definition) is 10. The number of methoxy groups -OCH3 is 1. The Morgan fingerprint density at radius 3 is 2.36 bits per heavy atom. The lowest BCUT2D eigenvalue weighted by Gasteiger charge is -2.20. The van der Waals surface area contributed by atoms with Crippen molar-refractivity contribution in [3.8, 4) is 17.2 Å². The number of benzene rings is 2. The molecule has 2 aromatic carbocycles. The molecule has 212 valence electrons. The minimum Gasteiger partial charge on any atom is -0.497 e. The van der Waals surface area contributed by atoms with Crippen LogP contribution in [0.5, 0.6) is 17.2 Å². The number of anilines is 1. The summed E-state index contributed by atoms with van der Waals surface area (Å²) in [5, 5.41) is 28.6. The second-order valence-corrected chi connectivity index (χ2v) is 11.7. The molecule has 4 N–H and O–H groups in total. The van der Waals surface area contributed by atoms with E-state index in [4.69, 9.17) is 30.9 Å². The minimum atomic E-state index is -4.10. The molecule has 11 nitrogen and oxygen atoms in total. The van der Waals surface area contributed by atoms with E-state index in [0.717, 1.165) is 11.9 Å². The maximum Gasteiger partial charge on any atom is 0.263 e. The lowest BCUT2D eigenvalue weighted by atomic mass is 9.87. The van der Waals surface area contributed by atoms with E-state index in [1.54, 1.807) is 24.3 Å². The van der Waals surface area contributed by atoms with Crippen LogP contribution in [-0.2, 0) is 26.8 Å². The van der Waals surface area contributed by atoms with Gasteiger partial charge in [-0.05, 0) is 35.2 Å². The molecule has 0 aliphatic carbocycles. The van der Waals surface area contributed by atoms with Gasteiger partial charge >= 0.3 is 0 Å². The van der Waals surface area contributed by atoms with Gasteiger partial charge in [-0.25, -0.2) is 18.4 Å². The first-order valence-corrected chi connectivity index (χ1v) is 13.7. The van der Waals surface area contributed by atoms with Gasteiger partial charge in [0.2, 0.25) is 0 Å². The molecule has 0 fully saturated rings. The van der Waals surface area contributed by atoms with Crippen molar-refractivity contribution >= 4 is 27.4 Å². The molecule has 1 heterocycles. The molecule has 0 aliphatic heterocycles. The Morgan fingerprint density at radius 2 is 1.74 bits per heavy atom. The van der Waals surface area contributed by atoms with Gasteiger partial charge in [-0.1, -0.05) is 44.5 Å². The Morgan fingerprint density at radius 1 is 1.05 bits per heavy atom. The molecule has 0 unspecified atom stereocenters. The van der Waals surface area contributed by atoms with Crippen LogP contribution in [0.3, 0.4) is 0 Å². The number of aromatic nitrogens is 2. The third-order valence-electron chi connectivity index (χ3n) is 5.65. The van der Waals surface area contributed by atoms with Gasteiger partial charge in [0.25, 0.3) is 10.0 Å². The summed E-state index contributed by atoms with van der Waals surface area (Å²) in [6, 6.07) is 11.2. The van der Waals surface area contributed by atoms with Gasteiger partial charge in [0.15, 0.2) is 11.6 Å². The monoisotopic (exact) mass is 581 g/mol. The van der Waals surface area contributed by atoms with Crippen molar-refractivity contribution in [1.82, 2.24) is 9.97 Å². The summed E-state index contributed by atoms with van der Waals surface area (Å²) in [7, 11) is -2.63. The first-order chi connectivity index (χ1) is 18.4. The van der Waals surface area contributed by atoms with Crippen LogP contribution in [0.15, 0.2) is 53.7 Å². The van der Waals surface area contributed by atoms with Crippen molar-refractivity contribution in [3.05, 3.63) is 65.1 Å². The van der Waals surface area contributed by atoms with Crippen LogP contribution in [0.25, 0.3) is 0 Å². The average Bonchev–Trinajstić information content (AvgIpc) is 2.90. The van der Waals surface area contributed by atoms with Gasteiger partial charge in [0.1, 0.15) is 35.7 Å². The van der Waals surface area contributed by atoms with Crippen LogP contribution in [0, 0.1) is 0 Å². The Hall–Kier alpha value is -3.00. The fourth-order valence-electron chi connectivity index (χ4n) is 3.32. The SMILES string of the molecule is COc1ccc(Cl)c(Oc2c(COC[C@H](O)[C@@H](O)CO)ncnc2NS(=O)(=O)c2ccc(C(C)(C)C)cc2)c1. The summed E-state index contributed by atoms with van der Waals surface area (Å²) >= 11 is 6.31. The van der Waals surface area contributed by atoms with Crippen LogP contribution in [-0.4, -0.2) is 66.2 Å². The minimum absolute atomic E-state index is 0.0124. The number of nitrogens with zero attached hydrogens (tertiary/aromatic N) is 2. The number of aliphatic hydroxyl groups is 3. The number of sulfonamides is 1. The third-order valence-corrected chi connectivity index (χ3v) is 7.32. The van der Waals surface area contributed by atoms with Gasteiger partial charge in [-0.2, -0.15) is 0 Å². The number of halogens is 1. The zero-order valence-corrected chi connectivity index (χ0v) is 23.5. The topological polar surface area (TPSA) is 160 Å². The van der Waals surface area contributed by atoms with E-state index in [2.05, 4.69) is 14.7 Å². The molecule has 2 atom stereocenters. The fraction of sp³-hybridized carbons (Fsp3) is 0.385. The van der Waals surface area contributed by atoms with Crippen LogP contribution < -0.4 is 14.2 Å². The van der Waals surface area contributed by atoms with E-state index in [1.807, 2.05) is 20.8 Å². The molecule has 0 saturated carbocycles. The average molecular weight is 582 g/mol. The predicted octanol–water partition coefficient (Wildman–Crippen LogP) is 3.26. The van der Waals surface area contributed by atoms with Crippen molar-refractivity contribution in [2.45, 2.75) is 49.9 Å². The van der Waals surface area contributed by atoms with Crippen molar-refractivity contribution in [2.75, 3.05) is 25.0 Å². The van der Waals surface area contributed by atoms with Crippen molar-refractivity contribution in [1.29, 1.82) is 0 Å². The van der Waals surface area contributed by atoms with E-state index in [1.165, 1.54) is 25.3 Å². The number of nitrogens with one attached hydrogen (secondary N) is 1. The van der Waals surface area contributed by atoms with Crippen LogP contribution in [0.4, 0.5) is 5.82 Å². The van der Waals surface area contributed by atoms with Gasteiger partial charge < -0.3 is 29.5 Å². The molecular formula is C26H32ClN3O8S. The molecule has 13 heteroatoms. The summed E-state index contributed by atoms with van der Waals surface area (Å²) in [5.74, 6) is 0.294. The van der Waals surface area contributed by atoms with Crippen molar-refractivity contribution < 1.29 is 37.9 Å². The molecule has 3 aromatic rings. The van der Waals surface area contributed by atoms with E-state index in [-0.39, 0.29) is 51.6 Å². The lowest BCUT2D eigenvalue weighted by Crippen LogP contribution is -2.33. The molecule has 1 aromatic heterocycles. The van der Waals surface area contributed by atoms with Crippen molar-refractivity contribution in [3.63, 3.8) is 0 Å². The highest BCUT2D eigenvalue weighted by atomic mass is 35.5. The highest BCUT2D eigenvalue weighted by molar-refractivity contribution is 7.92. The second-order valence-electron chi connectivity index (χ2n) is 9.61. The standard InChI is InChI=1S/C26H32ClN3O8S/c1-26(2,3)16-5-8-18(9-6-16)39(34,35)30-25-24(38-23-11-17(36-4)7-10-19(23)27)20(28-15-29-25)13-37-14-22(33)21(32)12-31/h5-11,15,21-22,31-33H,12-14H2,1-4H3,(H,28,29,30)/t21-,22-/m0/s1. The second kappa shape index (κ2) is 12.9. The van der Waals surface area contributed by atoms with Crippen LogP contribution in [0.1, 0.15) is 32.0 Å². The molecular weight excluding hydrogens is 550 g/mol. The molecule has 0 spiro atoms. The maximum atomic E-state index is 13.3. The lowest BCUT2D eigenvalue weighted by molar-refractivity contribution is -0.0606. The Kier molecular flexibility index (Phi) is 10.1. The van der Waals surface area contributed by atoms with Gasteiger partial charge in [0.05, 0.1) is 36.8 Å². The smallest absolute Gasteiger partial charge is 0.263 e. The summed E-state index contributed by atoms with van der Waals surface area (Å²) < 4.78 is 45.6. The largest absolute Gasteiger partial charge is 0.497 e. The van der Waals surface area contributed by atoms with E-state index >= 15 is 0 Å². The fourth-order valence-corrected chi connectivity index (χ4v) is 4.49. The van der Waals surface area contributed by atoms with E-state index in [0.29, 0.717) is 5.75 Å². The molecule has 0 bridgehead atoms. The first kappa shape index (κ1) is 30.5. The van der Waals surface area contributed by atoms with Crippen LogP contribution in [0.2, 0.25) is 5.02 Å². The van der Waals surface area contributed by atoms with Gasteiger partial charge in [0, 0.05) is 6.07 Å². The number of ether oxygens (including phenoxy) is 3. The van der Waals surface area contributed by atoms with E-state index < -0.39 is 28.8 Å². The predicted molar refractivity (Wildman–Crippen MR) is 145 cm³/mol. The molecule has 0 amide bonds. The maximum absolute atomic E-state index is 13.3. The normalized spacial score (nSPS) is 13.5.